The van der Waals surface area contributed by atoms with Gasteiger partial charge in [-0.3, -0.25) is 18.6 Å². The lowest BCUT2D eigenvalue weighted by Crippen LogP contribution is -2.29. The Hall–Kier alpha value is -2.29. The number of esters is 2. The van der Waals surface area contributed by atoms with Crippen LogP contribution in [0.5, 0.6) is 0 Å². The zero-order valence-corrected chi connectivity index (χ0v) is 33.0. The minimum absolute atomic E-state index is 0.0458. The zero-order valence-electron chi connectivity index (χ0n) is 32.1. The fraction of sp³-hybridized carbons (Fsp3) is 0.707. The van der Waals surface area contributed by atoms with Crippen molar-refractivity contribution in [2.24, 2.45) is 5.73 Å². The summed E-state index contributed by atoms with van der Waals surface area (Å²) in [5.74, 6) is -0.873. The molecule has 0 aromatic rings. The average molecular weight is 738 g/mol. The molecule has 0 aliphatic carbocycles. The summed E-state index contributed by atoms with van der Waals surface area (Å²) in [6.07, 6.45) is 42.5. The Morgan fingerprint density at radius 2 is 1.08 bits per heavy atom. The van der Waals surface area contributed by atoms with E-state index in [1.165, 1.54) is 25.7 Å². The van der Waals surface area contributed by atoms with E-state index in [2.05, 4.69) is 74.6 Å². The van der Waals surface area contributed by atoms with Crippen LogP contribution in [0.1, 0.15) is 155 Å². The van der Waals surface area contributed by atoms with Crippen LogP contribution in [0.25, 0.3) is 0 Å². The minimum atomic E-state index is -4.38. The molecule has 10 heteroatoms. The van der Waals surface area contributed by atoms with E-state index in [4.69, 9.17) is 24.3 Å². The van der Waals surface area contributed by atoms with Crippen molar-refractivity contribution in [1.82, 2.24) is 0 Å². The second kappa shape index (κ2) is 37.5. The molecule has 9 nitrogen and oxygen atoms in total. The van der Waals surface area contributed by atoms with Crippen LogP contribution >= 0.6 is 7.82 Å². The molecule has 0 aliphatic heterocycles. The summed E-state index contributed by atoms with van der Waals surface area (Å²) in [7, 11) is -4.38. The molecule has 0 fully saturated rings. The fourth-order valence-corrected chi connectivity index (χ4v) is 5.74. The molecule has 0 bridgehead atoms. The molecule has 0 aromatic carbocycles. The highest BCUT2D eigenvalue weighted by Crippen LogP contribution is 2.43. The number of rotatable bonds is 36. The molecule has 51 heavy (non-hydrogen) atoms. The summed E-state index contributed by atoms with van der Waals surface area (Å²) in [4.78, 5) is 34.7. The largest absolute Gasteiger partial charge is 0.472 e. The SMILES string of the molecule is CCC=CCC=CCC=CCC=CCCCCCCC(=O)OC[C@H](COP(=O)(O)OCCN)OC(=O)CCCCCCCC=CCCCCCC. The molecule has 0 rings (SSSR count). The number of unbranched alkanes of at least 4 members (excludes halogenated alkanes) is 13. The third kappa shape index (κ3) is 37.3. The number of phosphoric ester groups is 1. The Morgan fingerprint density at radius 1 is 0.608 bits per heavy atom. The molecule has 1 unspecified atom stereocenters. The van der Waals surface area contributed by atoms with Crippen LogP contribution in [0.4, 0.5) is 0 Å². The number of nitrogens with two attached hydrogens (primary N) is 1. The summed E-state index contributed by atoms with van der Waals surface area (Å²) in [6.45, 7) is 3.54. The van der Waals surface area contributed by atoms with Crippen molar-refractivity contribution >= 4 is 19.8 Å². The molecule has 0 radical (unpaired) electrons. The second-order valence-electron chi connectivity index (χ2n) is 12.8. The molecule has 0 spiro atoms. The van der Waals surface area contributed by atoms with Crippen LogP contribution in [-0.4, -0.2) is 49.3 Å². The van der Waals surface area contributed by atoms with Crippen molar-refractivity contribution in [3.8, 4) is 0 Å². The second-order valence-corrected chi connectivity index (χ2v) is 14.2. The first-order valence-electron chi connectivity index (χ1n) is 19.8. The van der Waals surface area contributed by atoms with Crippen molar-refractivity contribution in [2.75, 3.05) is 26.4 Å². The van der Waals surface area contributed by atoms with E-state index in [-0.39, 0.29) is 32.6 Å². The van der Waals surface area contributed by atoms with Gasteiger partial charge < -0.3 is 20.1 Å². The predicted molar refractivity (Wildman–Crippen MR) is 210 cm³/mol. The van der Waals surface area contributed by atoms with Gasteiger partial charge in [0.2, 0.25) is 0 Å². The van der Waals surface area contributed by atoms with Gasteiger partial charge in [0.05, 0.1) is 13.2 Å². The van der Waals surface area contributed by atoms with E-state index in [0.717, 1.165) is 89.9 Å². The molecular weight excluding hydrogens is 665 g/mol. The summed E-state index contributed by atoms with van der Waals surface area (Å²) < 4.78 is 32.6. The topological polar surface area (TPSA) is 134 Å². The predicted octanol–water partition coefficient (Wildman–Crippen LogP) is 10.9. The van der Waals surface area contributed by atoms with Crippen molar-refractivity contribution in [1.29, 1.82) is 0 Å². The highest BCUT2D eigenvalue weighted by atomic mass is 31.2. The van der Waals surface area contributed by atoms with Gasteiger partial charge >= 0.3 is 19.8 Å². The Balaban J connectivity index is 4.27. The molecule has 0 saturated carbocycles. The maximum Gasteiger partial charge on any atom is 0.472 e. The third-order valence-corrected chi connectivity index (χ3v) is 8.87. The van der Waals surface area contributed by atoms with E-state index in [1.807, 2.05) is 0 Å². The molecule has 3 N–H and O–H groups in total. The first-order chi connectivity index (χ1) is 24.8. The molecule has 0 aliphatic rings. The third-order valence-electron chi connectivity index (χ3n) is 7.89. The van der Waals surface area contributed by atoms with E-state index < -0.39 is 32.5 Å². The minimum Gasteiger partial charge on any atom is -0.462 e. The Morgan fingerprint density at radius 3 is 1.63 bits per heavy atom. The monoisotopic (exact) mass is 737 g/mol. The van der Waals surface area contributed by atoms with Crippen LogP contribution in [0.2, 0.25) is 0 Å². The maximum absolute atomic E-state index is 12.5. The van der Waals surface area contributed by atoms with E-state index in [9.17, 15) is 19.0 Å². The summed E-state index contributed by atoms with van der Waals surface area (Å²) >= 11 is 0. The Kier molecular flexibility index (Phi) is 35.8. The van der Waals surface area contributed by atoms with Crippen LogP contribution < -0.4 is 5.73 Å². The first kappa shape index (κ1) is 48.7. The summed E-state index contributed by atoms with van der Waals surface area (Å²) in [6, 6.07) is 0. The van der Waals surface area contributed by atoms with Crippen molar-refractivity contribution in [3.63, 3.8) is 0 Å². The molecule has 0 aromatic heterocycles. The van der Waals surface area contributed by atoms with Gasteiger partial charge in [-0.1, -0.05) is 126 Å². The molecular formula is C41H72NO8P. The van der Waals surface area contributed by atoms with Crippen LogP contribution in [0.3, 0.4) is 0 Å². The lowest BCUT2D eigenvalue weighted by atomic mass is 10.1. The number of carbonyl (C=O) groups is 2. The zero-order chi connectivity index (χ0) is 37.5. The lowest BCUT2D eigenvalue weighted by molar-refractivity contribution is -0.161. The highest BCUT2D eigenvalue weighted by Gasteiger charge is 2.25. The number of carbonyl (C=O) groups excluding carboxylic acids is 2. The molecule has 0 amide bonds. The molecule has 294 valence electrons. The average Bonchev–Trinajstić information content (AvgIpc) is 3.11. The van der Waals surface area contributed by atoms with E-state index in [1.54, 1.807) is 0 Å². The van der Waals surface area contributed by atoms with Crippen LogP contribution in [0.15, 0.2) is 60.8 Å². The number of ether oxygens (including phenoxy) is 2. The van der Waals surface area contributed by atoms with Gasteiger partial charge in [-0.15, -0.1) is 0 Å². The first-order valence-corrected chi connectivity index (χ1v) is 21.3. The fourth-order valence-electron chi connectivity index (χ4n) is 4.97. The van der Waals surface area contributed by atoms with Crippen LogP contribution in [0, 0.1) is 0 Å². The van der Waals surface area contributed by atoms with Gasteiger partial charge in [-0.25, -0.2) is 4.57 Å². The maximum atomic E-state index is 12.5. The van der Waals surface area contributed by atoms with Crippen molar-refractivity contribution in [3.05, 3.63) is 60.8 Å². The van der Waals surface area contributed by atoms with Gasteiger partial charge in [0.15, 0.2) is 6.10 Å². The van der Waals surface area contributed by atoms with Gasteiger partial charge in [-0.2, -0.15) is 0 Å². The van der Waals surface area contributed by atoms with E-state index >= 15 is 0 Å². The van der Waals surface area contributed by atoms with Gasteiger partial charge in [-0.05, 0) is 77.0 Å². The summed E-state index contributed by atoms with van der Waals surface area (Å²) in [5.41, 5.74) is 5.33. The highest BCUT2D eigenvalue weighted by molar-refractivity contribution is 7.47. The summed E-state index contributed by atoms with van der Waals surface area (Å²) in [5, 5.41) is 0. The number of hydrogen-bond acceptors (Lipinski definition) is 8. The quantitative estimate of drug-likeness (QED) is 0.0279. The van der Waals surface area contributed by atoms with Gasteiger partial charge in [0.1, 0.15) is 6.61 Å². The number of hydrogen-bond donors (Lipinski definition) is 2. The number of allylic oxidation sites excluding steroid dienone is 10. The normalized spacial score (nSPS) is 14.0. The van der Waals surface area contributed by atoms with Gasteiger partial charge in [0.25, 0.3) is 0 Å². The van der Waals surface area contributed by atoms with Gasteiger partial charge in [0, 0.05) is 19.4 Å². The lowest BCUT2D eigenvalue weighted by Gasteiger charge is -2.19. The Labute approximate surface area is 310 Å². The molecule has 0 heterocycles. The van der Waals surface area contributed by atoms with E-state index in [0.29, 0.717) is 12.8 Å². The smallest absolute Gasteiger partial charge is 0.462 e. The van der Waals surface area contributed by atoms with Crippen LogP contribution in [-0.2, 0) is 32.7 Å². The standard InChI is InChI=1S/C41H72NO8P/c1-3-5-7-9-11-13-15-17-18-19-20-22-23-25-27-29-31-33-40(43)47-37-39(38-49-51(45,46)48-36-35-42)50-41(44)34-32-30-28-26-24-21-16-14-12-10-8-6-4-2/h5,7,11,13-14,16-18,20,22,39H,3-4,6,8-10,12,15,19,21,23-38,42H2,1-2H3,(H,45,46)/t39-/m1/s1. The molecule has 0 saturated heterocycles. The van der Waals surface area contributed by atoms with Crippen molar-refractivity contribution < 1.29 is 37.6 Å². The van der Waals surface area contributed by atoms with Crippen molar-refractivity contribution in [2.45, 2.75) is 161 Å². The number of phosphoric acid groups is 1. The molecule has 2 atom stereocenters. The Bertz CT molecular complexity index is 1020.